The van der Waals surface area contributed by atoms with Gasteiger partial charge in [-0.3, -0.25) is 4.90 Å². The van der Waals surface area contributed by atoms with Gasteiger partial charge in [0.05, 0.1) is 12.2 Å². The van der Waals surface area contributed by atoms with Crippen LogP contribution in [0.5, 0.6) is 0 Å². The lowest BCUT2D eigenvalue weighted by Crippen LogP contribution is -2.59. The third kappa shape index (κ3) is 2.64. The average molecular weight is 189 g/mol. The van der Waals surface area contributed by atoms with E-state index in [-0.39, 0.29) is 17.8 Å². The van der Waals surface area contributed by atoms with Crippen LogP contribution >= 0.6 is 0 Å². The van der Waals surface area contributed by atoms with Crippen molar-refractivity contribution in [2.75, 3.05) is 26.4 Å². The van der Waals surface area contributed by atoms with Crippen LogP contribution in [-0.4, -0.2) is 42.4 Å². The molecular formula is C10H20FNO. The molecule has 0 aliphatic carbocycles. The number of hydrogen-bond acceptors (Lipinski definition) is 2. The van der Waals surface area contributed by atoms with E-state index in [1.54, 1.807) is 0 Å². The minimum Gasteiger partial charge on any atom is -0.372 e. The monoisotopic (exact) mass is 189 g/mol. The minimum absolute atomic E-state index is 0.0262. The Balaban J connectivity index is 2.64. The van der Waals surface area contributed by atoms with Gasteiger partial charge >= 0.3 is 0 Å². The molecule has 1 saturated heterocycles. The molecule has 0 N–H and O–H groups in total. The predicted molar refractivity (Wildman–Crippen MR) is 51.7 cm³/mol. The molecule has 1 aliphatic heterocycles. The fourth-order valence-corrected chi connectivity index (χ4v) is 1.67. The zero-order valence-electron chi connectivity index (χ0n) is 9.06. The molecule has 0 radical (unpaired) electrons. The van der Waals surface area contributed by atoms with Crippen LogP contribution < -0.4 is 0 Å². The standard InChI is InChI=1S/C10H20FNO/c1-9(2)8-13-10(3,4)7-12(9)6-5-11/h5-8H2,1-4H3. The van der Waals surface area contributed by atoms with E-state index in [0.717, 1.165) is 6.54 Å². The van der Waals surface area contributed by atoms with Crippen molar-refractivity contribution < 1.29 is 9.13 Å². The molecular weight excluding hydrogens is 169 g/mol. The summed E-state index contributed by atoms with van der Waals surface area (Å²) in [7, 11) is 0. The van der Waals surface area contributed by atoms with E-state index >= 15 is 0 Å². The third-order valence-electron chi connectivity index (χ3n) is 2.60. The largest absolute Gasteiger partial charge is 0.372 e. The maximum Gasteiger partial charge on any atom is 0.102 e. The van der Waals surface area contributed by atoms with E-state index in [1.165, 1.54) is 0 Å². The predicted octanol–water partition coefficient (Wildman–Crippen LogP) is 1.85. The van der Waals surface area contributed by atoms with Crippen LogP contribution in [0.2, 0.25) is 0 Å². The molecule has 0 saturated carbocycles. The molecule has 0 atom stereocenters. The van der Waals surface area contributed by atoms with Gasteiger partial charge in [0.25, 0.3) is 0 Å². The fraction of sp³-hybridized carbons (Fsp3) is 1.00. The van der Waals surface area contributed by atoms with Crippen molar-refractivity contribution in [3.05, 3.63) is 0 Å². The van der Waals surface area contributed by atoms with Crippen molar-refractivity contribution in [2.45, 2.75) is 38.8 Å². The lowest BCUT2D eigenvalue weighted by atomic mass is 9.96. The van der Waals surface area contributed by atoms with Gasteiger partial charge in [-0.1, -0.05) is 0 Å². The second-order valence-corrected chi connectivity index (χ2v) is 4.97. The number of halogens is 1. The van der Waals surface area contributed by atoms with Gasteiger partial charge in [-0.2, -0.15) is 0 Å². The van der Waals surface area contributed by atoms with Gasteiger partial charge in [-0.25, -0.2) is 4.39 Å². The van der Waals surface area contributed by atoms with Crippen LogP contribution in [0.1, 0.15) is 27.7 Å². The molecule has 0 aromatic heterocycles. The molecule has 0 bridgehead atoms. The Morgan fingerprint density at radius 2 is 1.92 bits per heavy atom. The Hall–Kier alpha value is -0.150. The SMILES string of the molecule is CC1(C)CN(CCF)C(C)(C)CO1. The second-order valence-electron chi connectivity index (χ2n) is 4.97. The van der Waals surface area contributed by atoms with Crippen LogP contribution in [0.25, 0.3) is 0 Å². The summed E-state index contributed by atoms with van der Waals surface area (Å²) in [5.74, 6) is 0. The topological polar surface area (TPSA) is 12.5 Å². The van der Waals surface area contributed by atoms with Gasteiger partial charge in [-0.15, -0.1) is 0 Å². The molecule has 0 amide bonds. The molecule has 3 heteroatoms. The number of ether oxygens (including phenoxy) is 1. The first-order valence-electron chi connectivity index (χ1n) is 4.82. The molecule has 2 nitrogen and oxygen atoms in total. The summed E-state index contributed by atoms with van der Waals surface area (Å²) in [4.78, 5) is 2.16. The van der Waals surface area contributed by atoms with E-state index in [4.69, 9.17) is 4.74 Å². The first-order valence-corrected chi connectivity index (χ1v) is 4.82. The lowest BCUT2D eigenvalue weighted by molar-refractivity contribution is -0.143. The van der Waals surface area contributed by atoms with Crippen molar-refractivity contribution in [3.8, 4) is 0 Å². The molecule has 78 valence electrons. The zero-order chi connectivity index (χ0) is 10.1. The quantitative estimate of drug-likeness (QED) is 0.657. The first kappa shape index (κ1) is 10.9. The van der Waals surface area contributed by atoms with Gasteiger partial charge in [0.15, 0.2) is 0 Å². The normalized spacial score (nSPS) is 27.5. The highest BCUT2D eigenvalue weighted by atomic mass is 19.1. The van der Waals surface area contributed by atoms with Gasteiger partial charge in [-0.05, 0) is 27.7 Å². The first-order chi connectivity index (χ1) is 5.87. The Labute approximate surface area is 80.1 Å². The molecule has 0 aromatic rings. The maximum absolute atomic E-state index is 12.3. The van der Waals surface area contributed by atoms with Crippen LogP contribution in [0.15, 0.2) is 0 Å². The summed E-state index contributed by atoms with van der Waals surface area (Å²) < 4.78 is 18.0. The molecule has 1 heterocycles. The number of hydrogen-bond donors (Lipinski definition) is 0. The van der Waals surface area contributed by atoms with Gasteiger partial charge in [0.2, 0.25) is 0 Å². The van der Waals surface area contributed by atoms with Crippen molar-refractivity contribution in [1.82, 2.24) is 4.90 Å². The van der Waals surface area contributed by atoms with E-state index in [0.29, 0.717) is 13.2 Å². The summed E-state index contributed by atoms with van der Waals surface area (Å²) >= 11 is 0. The Bertz CT molecular complexity index is 180. The van der Waals surface area contributed by atoms with Crippen molar-refractivity contribution in [1.29, 1.82) is 0 Å². The molecule has 1 rings (SSSR count). The van der Waals surface area contributed by atoms with E-state index < -0.39 is 0 Å². The minimum atomic E-state index is -0.278. The van der Waals surface area contributed by atoms with Crippen molar-refractivity contribution >= 4 is 0 Å². The van der Waals surface area contributed by atoms with Crippen LogP contribution in [0, 0.1) is 0 Å². The van der Waals surface area contributed by atoms with Crippen LogP contribution in [0.3, 0.4) is 0 Å². The lowest BCUT2D eigenvalue weighted by Gasteiger charge is -2.48. The third-order valence-corrected chi connectivity index (χ3v) is 2.60. The van der Waals surface area contributed by atoms with E-state index in [1.807, 2.05) is 13.8 Å². The summed E-state index contributed by atoms with van der Waals surface area (Å²) in [6.45, 7) is 10.0. The molecule has 1 fully saturated rings. The highest BCUT2D eigenvalue weighted by Crippen LogP contribution is 2.27. The Morgan fingerprint density at radius 1 is 1.31 bits per heavy atom. The number of morpholine rings is 1. The zero-order valence-corrected chi connectivity index (χ0v) is 9.06. The summed E-state index contributed by atoms with van der Waals surface area (Å²) in [5.41, 5.74) is -0.160. The number of nitrogens with zero attached hydrogens (tertiary/aromatic N) is 1. The van der Waals surface area contributed by atoms with E-state index in [9.17, 15) is 4.39 Å². The summed E-state index contributed by atoms with van der Waals surface area (Å²) in [6, 6.07) is 0. The van der Waals surface area contributed by atoms with Crippen LogP contribution in [-0.2, 0) is 4.74 Å². The number of alkyl halides is 1. The van der Waals surface area contributed by atoms with Gasteiger partial charge in [0.1, 0.15) is 6.67 Å². The van der Waals surface area contributed by atoms with Crippen molar-refractivity contribution in [2.24, 2.45) is 0 Å². The molecule has 0 aromatic carbocycles. The summed E-state index contributed by atoms with van der Waals surface area (Å²) in [5, 5.41) is 0. The van der Waals surface area contributed by atoms with Crippen molar-refractivity contribution in [3.63, 3.8) is 0 Å². The molecule has 0 unspecified atom stereocenters. The smallest absolute Gasteiger partial charge is 0.102 e. The Morgan fingerprint density at radius 3 is 2.46 bits per heavy atom. The van der Waals surface area contributed by atoms with Gasteiger partial charge in [0, 0.05) is 18.6 Å². The van der Waals surface area contributed by atoms with E-state index in [2.05, 4.69) is 18.7 Å². The average Bonchev–Trinajstić information content (AvgIpc) is 1.99. The second kappa shape index (κ2) is 3.54. The highest BCUT2D eigenvalue weighted by molar-refractivity contribution is 4.91. The number of rotatable bonds is 2. The van der Waals surface area contributed by atoms with Gasteiger partial charge < -0.3 is 4.74 Å². The van der Waals surface area contributed by atoms with Crippen LogP contribution in [0.4, 0.5) is 4.39 Å². The molecule has 1 aliphatic rings. The highest BCUT2D eigenvalue weighted by Gasteiger charge is 2.38. The fourth-order valence-electron chi connectivity index (χ4n) is 1.67. The Kier molecular flexibility index (Phi) is 2.98. The molecule has 0 spiro atoms. The maximum atomic E-state index is 12.3. The molecule has 13 heavy (non-hydrogen) atoms. The summed E-state index contributed by atoms with van der Waals surface area (Å²) in [6.07, 6.45) is 0.